The average Bonchev–Trinajstić information content (AvgIpc) is 3.03. The monoisotopic (exact) mass is 404 g/mol. The highest BCUT2D eigenvalue weighted by Gasteiger charge is 2.54. The molecule has 0 unspecified atom stereocenters. The summed E-state index contributed by atoms with van der Waals surface area (Å²) < 4.78 is 7.25. The summed E-state index contributed by atoms with van der Waals surface area (Å²) >= 11 is 5.12. The van der Waals surface area contributed by atoms with Crippen LogP contribution in [0.15, 0.2) is 38.4 Å². The van der Waals surface area contributed by atoms with Crippen molar-refractivity contribution in [2.45, 2.75) is 54.9 Å². The van der Waals surface area contributed by atoms with Crippen molar-refractivity contribution in [3.05, 3.63) is 40.2 Å². The first-order chi connectivity index (χ1) is 11.7. The SMILES string of the molecule is Brc1ccc(CSc2nnc(C34CC5CC(CC(C5)C3)C4)o2)cc1. The van der Waals surface area contributed by atoms with Crippen LogP contribution in [-0.4, -0.2) is 10.2 Å². The zero-order valence-corrected chi connectivity index (χ0v) is 16.0. The van der Waals surface area contributed by atoms with Crippen LogP contribution in [0.4, 0.5) is 0 Å². The lowest BCUT2D eigenvalue weighted by Crippen LogP contribution is -2.48. The van der Waals surface area contributed by atoms with Gasteiger partial charge in [-0.25, -0.2) is 0 Å². The summed E-state index contributed by atoms with van der Waals surface area (Å²) in [5, 5.41) is 9.56. The number of rotatable bonds is 4. The molecule has 4 aliphatic rings. The molecule has 1 aromatic heterocycles. The quantitative estimate of drug-likeness (QED) is 0.622. The van der Waals surface area contributed by atoms with E-state index in [0.717, 1.165) is 39.1 Å². The first-order valence-corrected chi connectivity index (χ1v) is 10.7. The summed E-state index contributed by atoms with van der Waals surface area (Å²) in [5.41, 5.74) is 1.48. The fourth-order valence-corrected chi connectivity index (χ4v) is 6.56. The van der Waals surface area contributed by atoms with Gasteiger partial charge in [0.15, 0.2) is 0 Å². The van der Waals surface area contributed by atoms with Gasteiger partial charge >= 0.3 is 0 Å². The lowest BCUT2D eigenvalue weighted by molar-refractivity contribution is -0.0191. The van der Waals surface area contributed by atoms with Crippen LogP contribution in [0.25, 0.3) is 0 Å². The van der Waals surface area contributed by atoms with Crippen molar-refractivity contribution in [1.82, 2.24) is 10.2 Å². The minimum atomic E-state index is 0.207. The van der Waals surface area contributed by atoms with Crippen molar-refractivity contribution in [2.24, 2.45) is 17.8 Å². The van der Waals surface area contributed by atoms with Crippen LogP contribution in [-0.2, 0) is 11.2 Å². The van der Waals surface area contributed by atoms with E-state index in [1.54, 1.807) is 11.8 Å². The summed E-state index contributed by atoms with van der Waals surface area (Å²) in [5.74, 6) is 4.52. The van der Waals surface area contributed by atoms with Crippen LogP contribution in [0.1, 0.15) is 50.0 Å². The van der Waals surface area contributed by atoms with Gasteiger partial charge in [0.2, 0.25) is 5.89 Å². The van der Waals surface area contributed by atoms with E-state index in [0.29, 0.717) is 0 Å². The van der Waals surface area contributed by atoms with Gasteiger partial charge in [-0.15, -0.1) is 10.2 Å². The van der Waals surface area contributed by atoms with E-state index in [1.165, 1.54) is 44.1 Å². The summed E-state index contributed by atoms with van der Waals surface area (Å²) in [6.07, 6.45) is 8.16. The molecule has 4 bridgehead atoms. The van der Waals surface area contributed by atoms with Gasteiger partial charge in [0, 0.05) is 15.6 Å². The summed E-state index contributed by atoms with van der Waals surface area (Å²) in [7, 11) is 0. The third-order valence-corrected chi connectivity index (χ3v) is 7.59. The number of hydrogen-bond acceptors (Lipinski definition) is 4. The predicted octanol–water partition coefficient (Wildman–Crippen LogP) is 5.59. The van der Waals surface area contributed by atoms with Gasteiger partial charge in [-0.2, -0.15) is 0 Å². The molecule has 0 amide bonds. The molecule has 1 aromatic carbocycles. The maximum atomic E-state index is 6.15. The van der Waals surface area contributed by atoms with Gasteiger partial charge in [0.05, 0.1) is 0 Å². The molecule has 4 fully saturated rings. The normalized spacial score (nSPS) is 34.0. The number of hydrogen-bond donors (Lipinski definition) is 0. The van der Waals surface area contributed by atoms with Crippen LogP contribution in [0, 0.1) is 17.8 Å². The van der Waals surface area contributed by atoms with Crippen molar-refractivity contribution >= 4 is 27.7 Å². The molecule has 0 spiro atoms. The van der Waals surface area contributed by atoms with Gasteiger partial charge in [0.1, 0.15) is 0 Å². The largest absolute Gasteiger partial charge is 0.415 e. The van der Waals surface area contributed by atoms with Gasteiger partial charge < -0.3 is 4.42 Å². The molecule has 0 radical (unpaired) electrons. The van der Waals surface area contributed by atoms with Crippen LogP contribution < -0.4 is 0 Å². The zero-order valence-electron chi connectivity index (χ0n) is 13.6. The standard InChI is InChI=1S/C19H21BrN2OS/c20-16-3-1-12(2-4-16)11-24-18-22-21-17(23-18)19-8-13-5-14(9-19)7-15(6-13)10-19/h1-4,13-15H,5-11H2. The molecule has 0 N–H and O–H groups in total. The molecule has 0 saturated heterocycles. The van der Waals surface area contributed by atoms with E-state index in [9.17, 15) is 0 Å². The Bertz CT molecular complexity index is 707. The third kappa shape index (κ3) is 2.74. The second kappa shape index (κ2) is 5.87. The molecule has 5 heteroatoms. The Labute approximate surface area is 155 Å². The predicted molar refractivity (Wildman–Crippen MR) is 97.9 cm³/mol. The number of benzene rings is 1. The maximum Gasteiger partial charge on any atom is 0.276 e. The van der Waals surface area contributed by atoms with Gasteiger partial charge in [-0.1, -0.05) is 39.8 Å². The second-order valence-electron chi connectivity index (χ2n) is 7.99. The van der Waals surface area contributed by atoms with Gasteiger partial charge in [-0.05, 0) is 74.0 Å². The number of aromatic nitrogens is 2. The molecule has 4 saturated carbocycles. The highest BCUT2D eigenvalue weighted by Crippen LogP contribution is 2.60. The lowest BCUT2D eigenvalue weighted by atomic mass is 9.49. The van der Waals surface area contributed by atoms with Crippen LogP contribution in [0.2, 0.25) is 0 Å². The molecular weight excluding hydrogens is 384 g/mol. The third-order valence-electron chi connectivity index (χ3n) is 6.17. The molecule has 24 heavy (non-hydrogen) atoms. The Morgan fingerprint density at radius 1 is 1.00 bits per heavy atom. The first kappa shape index (κ1) is 15.4. The van der Waals surface area contributed by atoms with Crippen LogP contribution in [0.3, 0.4) is 0 Å². The van der Waals surface area contributed by atoms with Gasteiger partial charge in [-0.3, -0.25) is 0 Å². The van der Waals surface area contributed by atoms with Crippen molar-refractivity contribution in [2.75, 3.05) is 0 Å². The summed E-state index contributed by atoms with van der Waals surface area (Å²) in [6, 6.07) is 8.41. The number of nitrogens with zero attached hydrogens (tertiary/aromatic N) is 2. The average molecular weight is 405 g/mol. The molecule has 6 rings (SSSR count). The van der Waals surface area contributed by atoms with E-state index in [4.69, 9.17) is 4.42 Å². The summed E-state index contributed by atoms with van der Waals surface area (Å²) in [6.45, 7) is 0. The Balaban J connectivity index is 1.31. The molecule has 2 aromatic rings. The highest BCUT2D eigenvalue weighted by molar-refractivity contribution is 9.10. The molecule has 0 atom stereocenters. The van der Waals surface area contributed by atoms with Crippen molar-refractivity contribution in [3.63, 3.8) is 0 Å². The second-order valence-corrected chi connectivity index (χ2v) is 9.83. The van der Waals surface area contributed by atoms with E-state index in [-0.39, 0.29) is 5.41 Å². The van der Waals surface area contributed by atoms with E-state index in [2.05, 4.69) is 50.4 Å². The topological polar surface area (TPSA) is 38.9 Å². The molecule has 1 heterocycles. The molecule has 0 aliphatic heterocycles. The molecule has 126 valence electrons. The molecule has 4 aliphatic carbocycles. The fraction of sp³-hybridized carbons (Fsp3) is 0.579. The molecule has 3 nitrogen and oxygen atoms in total. The highest BCUT2D eigenvalue weighted by atomic mass is 79.9. The fourth-order valence-electron chi connectivity index (χ4n) is 5.58. The minimum absolute atomic E-state index is 0.207. The Hall–Kier alpha value is -0.810. The van der Waals surface area contributed by atoms with Crippen molar-refractivity contribution < 1.29 is 4.42 Å². The first-order valence-electron chi connectivity index (χ1n) is 8.90. The maximum absolute atomic E-state index is 6.15. The lowest BCUT2D eigenvalue weighted by Gasteiger charge is -2.55. The number of halogens is 1. The van der Waals surface area contributed by atoms with Crippen molar-refractivity contribution in [3.8, 4) is 0 Å². The van der Waals surface area contributed by atoms with Crippen LogP contribution >= 0.6 is 27.7 Å². The van der Waals surface area contributed by atoms with E-state index < -0.39 is 0 Å². The molecular formula is C19H21BrN2OS. The Kier molecular flexibility index (Phi) is 3.78. The van der Waals surface area contributed by atoms with Crippen LogP contribution in [0.5, 0.6) is 0 Å². The van der Waals surface area contributed by atoms with Gasteiger partial charge in [0.25, 0.3) is 5.22 Å². The smallest absolute Gasteiger partial charge is 0.276 e. The number of thioether (sulfide) groups is 1. The van der Waals surface area contributed by atoms with E-state index >= 15 is 0 Å². The Morgan fingerprint density at radius 2 is 1.62 bits per heavy atom. The summed E-state index contributed by atoms with van der Waals surface area (Å²) in [4.78, 5) is 0. The van der Waals surface area contributed by atoms with Crippen molar-refractivity contribution in [1.29, 1.82) is 0 Å². The Morgan fingerprint density at radius 3 is 2.25 bits per heavy atom. The minimum Gasteiger partial charge on any atom is -0.415 e. The van der Waals surface area contributed by atoms with E-state index in [1.807, 2.05) is 0 Å². The zero-order chi connectivity index (χ0) is 16.1.